The van der Waals surface area contributed by atoms with Crippen LogP contribution in [0.25, 0.3) is 0 Å². The number of rotatable bonds is 6. The van der Waals surface area contributed by atoms with Gasteiger partial charge < -0.3 is 14.8 Å². The summed E-state index contributed by atoms with van der Waals surface area (Å²) in [5.74, 6) is 0.527. The van der Waals surface area contributed by atoms with Crippen LogP contribution in [-0.4, -0.2) is 44.2 Å². The molecule has 3 rings (SSSR count). The van der Waals surface area contributed by atoms with Gasteiger partial charge in [-0.15, -0.1) is 0 Å². The molecule has 2 aromatic rings. The number of carbonyl (C=O) groups is 1. The predicted molar refractivity (Wildman–Crippen MR) is 104 cm³/mol. The molecule has 1 saturated heterocycles. The van der Waals surface area contributed by atoms with Crippen LogP contribution in [-0.2, 0) is 17.8 Å². The van der Waals surface area contributed by atoms with Gasteiger partial charge in [0.2, 0.25) is 0 Å². The molecular weight excluding hydrogens is 396 g/mol. The Balaban J connectivity index is 1.55. The molecule has 0 radical (unpaired) electrons. The Hall–Kier alpha value is -1.89. The SMILES string of the molecule is COc1ccc(Br)c(C(=O)NCc2ccc(CN3CCOCC3)cc2)c1. The maximum Gasteiger partial charge on any atom is 0.252 e. The first-order valence-electron chi connectivity index (χ1n) is 8.65. The van der Waals surface area contributed by atoms with E-state index in [1.165, 1.54) is 5.56 Å². The van der Waals surface area contributed by atoms with Crippen LogP contribution in [0.1, 0.15) is 21.5 Å². The molecule has 1 N–H and O–H groups in total. The Bertz CT molecular complexity index is 743. The highest BCUT2D eigenvalue weighted by atomic mass is 79.9. The number of hydrogen-bond donors (Lipinski definition) is 1. The van der Waals surface area contributed by atoms with Gasteiger partial charge >= 0.3 is 0 Å². The van der Waals surface area contributed by atoms with Gasteiger partial charge in [0.25, 0.3) is 5.91 Å². The van der Waals surface area contributed by atoms with Gasteiger partial charge in [-0.3, -0.25) is 9.69 Å². The molecule has 26 heavy (non-hydrogen) atoms. The molecule has 1 aliphatic rings. The number of halogens is 1. The number of nitrogens with zero attached hydrogens (tertiary/aromatic N) is 1. The number of carbonyl (C=O) groups excluding carboxylic acids is 1. The Morgan fingerprint density at radius 2 is 1.85 bits per heavy atom. The first kappa shape index (κ1) is 18.9. The van der Waals surface area contributed by atoms with Crippen molar-refractivity contribution in [2.45, 2.75) is 13.1 Å². The molecule has 0 unspecified atom stereocenters. The lowest BCUT2D eigenvalue weighted by atomic mass is 10.1. The summed E-state index contributed by atoms with van der Waals surface area (Å²) in [6, 6.07) is 13.7. The van der Waals surface area contributed by atoms with Crippen LogP contribution in [0.5, 0.6) is 5.75 Å². The largest absolute Gasteiger partial charge is 0.497 e. The minimum atomic E-state index is -0.131. The van der Waals surface area contributed by atoms with Crippen LogP contribution < -0.4 is 10.1 Å². The van der Waals surface area contributed by atoms with E-state index in [1.54, 1.807) is 13.2 Å². The van der Waals surface area contributed by atoms with Crippen molar-refractivity contribution in [2.75, 3.05) is 33.4 Å². The summed E-state index contributed by atoms with van der Waals surface area (Å²) in [5.41, 5.74) is 2.91. The number of morpholine rings is 1. The molecule has 0 aliphatic carbocycles. The molecule has 6 heteroatoms. The standard InChI is InChI=1S/C20H23BrN2O3/c1-25-17-6-7-19(21)18(12-17)20(24)22-13-15-2-4-16(5-3-15)14-23-8-10-26-11-9-23/h2-7,12H,8-11,13-14H2,1H3,(H,22,24). The maximum absolute atomic E-state index is 12.4. The number of amides is 1. The Kier molecular flexibility index (Phi) is 6.66. The van der Waals surface area contributed by atoms with Gasteiger partial charge in [-0.25, -0.2) is 0 Å². The van der Waals surface area contributed by atoms with E-state index in [4.69, 9.17) is 9.47 Å². The van der Waals surface area contributed by atoms with Gasteiger partial charge in [-0.1, -0.05) is 24.3 Å². The van der Waals surface area contributed by atoms with Gasteiger partial charge in [0, 0.05) is 30.7 Å². The topological polar surface area (TPSA) is 50.8 Å². The van der Waals surface area contributed by atoms with E-state index in [9.17, 15) is 4.79 Å². The normalized spacial score (nSPS) is 14.8. The summed E-state index contributed by atoms with van der Waals surface area (Å²) in [4.78, 5) is 14.8. The Morgan fingerprint density at radius 3 is 2.54 bits per heavy atom. The average molecular weight is 419 g/mol. The van der Waals surface area contributed by atoms with Crippen LogP contribution in [0.3, 0.4) is 0 Å². The second-order valence-corrected chi connectivity index (χ2v) is 7.09. The predicted octanol–water partition coefficient (Wildman–Crippen LogP) is 3.22. The number of hydrogen-bond acceptors (Lipinski definition) is 4. The lowest BCUT2D eigenvalue weighted by molar-refractivity contribution is 0.0342. The highest BCUT2D eigenvalue weighted by Crippen LogP contribution is 2.22. The summed E-state index contributed by atoms with van der Waals surface area (Å²) in [5, 5.41) is 2.96. The third-order valence-electron chi connectivity index (χ3n) is 4.40. The van der Waals surface area contributed by atoms with E-state index in [2.05, 4.69) is 50.4 Å². The van der Waals surface area contributed by atoms with Crippen molar-refractivity contribution in [3.63, 3.8) is 0 Å². The minimum absolute atomic E-state index is 0.131. The van der Waals surface area contributed by atoms with Gasteiger partial charge in [-0.2, -0.15) is 0 Å². The highest BCUT2D eigenvalue weighted by Gasteiger charge is 2.12. The van der Waals surface area contributed by atoms with Crippen molar-refractivity contribution in [2.24, 2.45) is 0 Å². The van der Waals surface area contributed by atoms with Gasteiger partial charge in [0.1, 0.15) is 5.75 Å². The molecule has 1 amide bonds. The minimum Gasteiger partial charge on any atom is -0.497 e. The molecule has 0 saturated carbocycles. The lowest BCUT2D eigenvalue weighted by Gasteiger charge is -2.26. The van der Waals surface area contributed by atoms with Gasteiger partial charge in [0.05, 0.1) is 25.9 Å². The molecule has 1 heterocycles. The van der Waals surface area contributed by atoms with Crippen molar-refractivity contribution >= 4 is 21.8 Å². The molecule has 0 spiro atoms. The Labute approximate surface area is 162 Å². The first-order valence-corrected chi connectivity index (χ1v) is 9.44. The summed E-state index contributed by atoms with van der Waals surface area (Å²) in [7, 11) is 1.59. The van der Waals surface area contributed by atoms with Crippen LogP contribution in [0.2, 0.25) is 0 Å². The average Bonchev–Trinajstić information content (AvgIpc) is 2.68. The zero-order chi connectivity index (χ0) is 18.4. The zero-order valence-corrected chi connectivity index (χ0v) is 16.4. The van der Waals surface area contributed by atoms with Crippen molar-refractivity contribution in [1.29, 1.82) is 0 Å². The first-order chi connectivity index (χ1) is 12.7. The molecule has 0 aromatic heterocycles. The van der Waals surface area contributed by atoms with Crippen molar-refractivity contribution < 1.29 is 14.3 Å². The van der Waals surface area contributed by atoms with Crippen molar-refractivity contribution in [3.05, 3.63) is 63.6 Å². The number of ether oxygens (including phenoxy) is 2. The molecule has 2 aromatic carbocycles. The maximum atomic E-state index is 12.4. The number of methoxy groups -OCH3 is 1. The third-order valence-corrected chi connectivity index (χ3v) is 5.10. The van der Waals surface area contributed by atoms with Crippen LogP contribution in [0.15, 0.2) is 46.9 Å². The zero-order valence-electron chi connectivity index (χ0n) is 14.8. The van der Waals surface area contributed by atoms with Gasteiger partial charge in [-0.05, 0) is 45.3 Å². The van der Waals surface area contributed by atoms with Crippen LogP contribution in [0, 0.1) is 0 Å². The van der Waals surface area contributed by atoms with E-state index < -0.39 is 0 Å². The summed E-state index contributed by atoms with van der Waals surface area (Å²) >= 11 is 3.41. The summed E-state index contributed by atoms with van der Waals surface area (Å²) in [6.07, 6.45) is 0. The molecule has 5 nitrogen and oxygen atoms in total. The van der Waals surface area contributed by atoms with Crippen LogP contribution >= 0.6 is 15.9 Å². The fourth-order valence-corrected chi connectivity index (χ4v) is 3.29. The van der Waals surface area contributed by atoms with E-state index in [0.717, 1.165) is 42.9 Å². The highest BCUT2D eigenvalue weighted by molar-refractivity contribution is 9.10. The van der Waals surface area contributed by atoms with Crippen molar-refractivity contribution in [3.8, 4) is 5.75 Å². The lowest BCUT2D eigenvalue weighted by Crippen LogP contribution is -2.35. The number of benzene rings is 2. The van der Waals surface area contributed by atoms with Gasteiger partial charge in [0.15, 0.2) is 0 Å². The molecule has 0 atom stereocenters. The second kappa shape index (κ2) is 9.16. The molecule has 138 valence electrons. The monoisotopic (exact) mass is 418 g/mol. The van der Waals surface area contributed by atoms with Crippen molar-refractivity contribution in [1.82, 2.24) is 10.2 Å². The fourth-order valence-electron chi connectivity index (χ4n) is 2.86. The summed E-state index contributed by atoms with van der Waals surface area (Å²) in [6.45, 7) is 5.00. The van der Waals surface area contributed by atoms with E-state index >= 15 is 0 Å². The molecule has 1 fully saturated rings. The molecule has 0 bridgehead atoms. The second-order valence-electron chi connectivity index (χ2n) is 6.23. The Morgan fingerprint density at radius 1 is 1.15 bits per heavy atom. The van der Waals surface area contributed by atoms with E-state index in [-0.39, 0.29) is 5.91 Å². The smallest absolute Gasteiger partial charge is 0.252 e. The van der Waals surface area contributed by atoms with E-state index in [1.807, 2.05) is 12.1 Å². The molecule has 1 aliphatic heterocycles. The third kappa shape index (κ3) is 5.06. The number of nitrogens with one attached hydrogen (secondary N) is 1. The fraction of sp³-hybridized carbons (Fsp3) is 0.350. The molecular formula is C20H23BrN2O3. The quantitative estimate of drug-likeness (QED) is 0.782. The van der Waals surface area contributed by atoms with E-state index in [0.29, 0.717) is 17.9 Å². The van der Waals surface area contributed by atoms with Crippen LogP contribution in [0.4, 0.5) is 0 Å². The summed E-state index contributed by atoms with van der Waals surface area (Å²) < 4.78 is 11.3.